The highest BCUT2D eigenvalue weighted by Crippen LogP contribution is 2.37. The highest BCUT2D eigenvalue weighted by molar-refractivity contribution is 14.1. The normalized spacial score (nSPS) is 14.9. The molecule has 1 fully saturated rings. The monoisotopic (exact) mass is 557 g/mol. The lowest BCUT2D eigenvalue weighted by Crippen LogP contribution is -2.22. The van der Waals surface area contributed by atoms with Crippen molar-refractivity contribution in [3.8, 4) is 23.0 Å². The van der Waals surface area contributed by atoms with Gasteiger partial charge in [0.25, 0.3) is 5.91 Å². The van der Waals surface area contributed by atoms with E-state index in [0.717, 1.165) is 9.13 Å². The Kier molecular flexibility index (Phi) is 7.84. The Balaban J connectivity index is 1.69. The molecule has 1 heterocycles. The number of thioether (sulfide) groups is 1. The Morgan fingerprint density at radius 3 is 2.37 bits per heavy atom. The fourth-order valence-electron chi connectivity index (χ4n) is 2.69. The summed E-state index contributed by atoms with van der Waals surface area (Å²) in [7, 11) is 4.86. The number of benzene rings is 2. The average molecular weight is 557 g/mol. The third kappa shape index (κ3) is 5.19. The molecule has 2 aromatic rings. The van der Waals surface area contributed by atoms with Crippen LogP contribution in [0.5, 0.6) is 23.0 Å². The van der Waals surface area contributed by atoms with Crippen LogP contribution >= 0.6 is 46.6 Å². The van der Waals surface area contributed by atoms with E-state index in [9.17, 15) is 4.79 Å². The zero-order valence-corrected chi connectivity index (χ0v) is 20.4. The predicted octanol–water partition coefficient (Wildman–Crippen LogP) is 4.60. The molecule has 0 N–H and O–H groups in total. The van der Waals surface area contributed by atoms with Crippen LogP contribution in [0.15, 0.2) is 41.3 Å². The maximum atomic E-state index is 12.2. The average Bonchev–Trinajstić information content (AvgIpc) is 2.98. The van der Waals surface area contributed by atoms with Crippen molar-refractivity contribution in [2.24, 2.45) is 0 Å². The van der Waals surface area contributed by atoms with Crippen molar-refractivity contribution in [3.63, 3.8) is 0 Å². The topological polar surface area (TPSA) is 57.2 Å². The van der Waals surface area contributed by atoms with E-state index in [1.54, 1.807) is 21.3 Å². The quantitative estimate of drug-likeness (QED) is 0.204. The van der Waals surface area contributed by atoms with Gasteiger partial charge in [0.2, 0.25) is 0 Å². The fraction of sp³-hybridized carbons (Fsp3) is 0.238. The second-order valence-electron chi connectivity index (χ2n) is 6.12. The van der Waals surface area contributed by atoms with Crippen LogP contribution in [0.3, 0.4) is 0 Å². The number of hydrogen-bond acceptors (Lipinski definition) is 7. The summed E-state index contributed by atoms with van der Waals surface area (Å²) in [6, 6.07) is 11.2. The van der Waals surface area contributed by atoms with E-state index in [1.807, 2.05) is 42.5 Å². The molecule has 0 spiro atoms. The van der Waals surface area contributed by atoms with Crippen molar-refractivity contribution < 1.29 is 23.7 Å². The molecule has 3 rings (SSSR count). The zero-order valence-electron chi connectivity index (χ0n) is 16.6. The first-order valence-electron chi connectivity index (χ1n) is 8.92. The standard InChI is InChI=1S/C21H20INO5S2/c1-23-20(24)18(30-21(23)29)12-13-10-14(22)19(17(11-13)26-3)28-9-8-27-16-7-5-4-6-15(16)25-2/h4-7,10-12H,8-9H2,1-3H3/b18-12+. The van der Waals surface area contributed by atoms with E-state index in [2.05, 4.69) is 22.6 Å². The maximum Gasteiger partial charge on any atom is 0.265 e. The molecule has 6 nitrogen and oxygen atoms in total. The smallest absolute Gasteiger partial charge is 0.265 e. The number of thiocarbonyl (C=S) groups is 1. The Labute approximate surface area is 198 Å². The van der Waals surface area contributed by atoms with Crippen molar-refractivity contribution >= 4 is 62.9 Å². The van der Waals surface area contributed by atoms with Crippen molar-refractivity contribution in [1.29, 1.82) is 0 Å². The van der Waals surface area contributed by atoms with Gasteiger partial charge in [-0.3, -0.25) is 9.69 Å². The third-order valence-electron chi connectivity index (χ3n) is 4.19. The molecule has 0 saturated carbocycles. The lowest BCUT2D eigenvalue weighted by Gasteiger charge is -2.15. The predicted molar refractivity (Wildman–Crippen MR) is 131 cm³/mol. The lowest BCUT2D eigenvalue weighted by molar-refractivity contribution is -0.121. The molecule has 158 valence electrons. The number of methoxy groups -OCH3 is 2. The molecule has 1 aliphatic rings. The minimum Gasteiger partial charge on any atom is -0.493 e. The number of carbonyl (C=O) groups excluding carboxylic acids is 1. The van der Waals surface area contributed by atoms with Crippen LogP contribution in [0, 0.1) is 3.57 Å². The number of nitrogens with zero attached hydrogens (tertiary/aromatic N) is 1. The van der Waals surface area contributed by atoms with Gasteiger partial charge in [-0.05, 0) is 58.5 Å². The maximum absolute atomic E-state index is 12.2. The molecule has 0 unspecified atom stereocenters. The molecule has 0 atom stereocenters. The molecule has 0 aliphatic carbocycles. The summed E-state index contributed by atoms with van der Waals surface area (Å²) in [6.07, 6.45) is 1.81. The molecule has 30 heavy (non-hydrogen) atoms. The Hall–Kier alpha value is -1.98. The largest absolute Gasteiger partial charge is 0.493 e. The molecule has 1 aliphatic heterocycles. The zero-order chi connectivity index (χ0) is 21.7. The number of para-hydroxylation sites is 2. The summed E-state index contributed by atoms with van der Waals surface area (Å²) in [5.74, 6) is 2.44. The van der Waals surface area contributed by atoms with Crippen LogP contribution in [-0.2, 0) is 4.79 Å². The number of amides is 1. The summed E-state index contributed by atoms with van der Waals surface area (Å²) in [5.41, 5.74) is 0.836. The van der Waals surface area contributed by atoms with Crippen LogP contribution in [0.1, 0.15) is 5.56 Å². The van der Waals surface area contributed by atoms with E-state index < -0.39 is 0 Å². The van der Waals surface area contributed by atoms with Gasteiger partial charge in [0, 0.05) is 7.05 Å². The van der Waals surface area contributed by atoms with Gasteiger partial charge in [0.05, 0.1) is 22.7 Å². The van der Waals surface area contributed by atoms with Crippen LogP contribution in [0.2, 0.25) is 0 Å². The molecular formula is C21H20INO5S2. The highest BCUT2D eigenvalue weighted by atomic mass is 127. The molecule has 2 aromatic carbocycles. The van der Waals surface area contributed by atoms with Gasteiger partial charge in [-0.25, -0.2) is 0 Å². The summed E-state index contributed by atoms with van der Waals surface area (Å²) in [4.78, 5) is 14.3. The number of likely N-dealkylation sites (N-methyl/N-ethyl adjacent to an activating group) is 1. The van der Waals surface area contributed by atoms with Gasteiger partial charge in [0.15, 0.2) is 23.0 Å². The van der Waals surface area contributed by atoms with E-state index in [4.69, 9.17) is 31.2 Å². The number of ether oxygens (including phenoxy) is 4. The molecule has 9 heteroatoms. The Morgan fingerprint density at radius 2 is 1.73 bits per heavy atom. The van der Waals surface area contributed by atoms with E-state index in [0.29, 0.717) is 45.4 Å². The number of carbonyl (C=O) groups is 1. The SMILES string of the molecule is COc1ccccc1OCCOc1c(I)cc(/C=C2/SC(=S)N(C)C2=O)cc1OC. The summed E-state index contributed by atoms with van der Waals surface area (Å²) in [6.45, 7) is 0.679. The molecular weight excluding hydrogens is 537 g/mol. The van der Waals surface area contributed by atoms with E-state index in [1.165, 1.54) is 16.7 Å². The third-order valence-corrected chi connectivity index (χ3v) is 6.48. The van der Waals surface area contributed by atoms with Gasteiger partial charge in [-0.15, -0.1) is 0 Å². The van der Waals surface area contributed by atoms with Crippen molar-refractivity contribution in [3.05, 3.63) is 50.4 Å². The van der Waals surface area contributed by atoms with Crippen molar-refractivity contribution in [2.45, 2.75) is 0 Å². The minimum atomic E-state index is -0.104. The second kappa shape index (κ2) is 10.4. The van der Waals surface area contributed by atoms with Crippen LogP contribution < -0.4 is 18.9 Å². The van der Waals surface area contributed by atoms with E-state index in [-0.39, 0.29) is 5.91 Å². The van der Waals surface area contributed by atoms with Gasteiger partial charge in [0.1, 0.15) is 17.5 Å². The molecule has 0 aromatic heterocycles. The lowest BCUT2D eigenvalue weighted by atomic mass is 10.2. The molecule has 1 saturated heterocycles. The minimum absolute atomic E-state index is 0.104. The first-order chi connectivity index (χ1) is 14.4. The second-order valence-corrected chi connectivity index (χ2v) is 8.96. The van der Waals surface area contributed by atoms with Gasteiger partial charge < -0.3 is 18.9 Å². The highest BCUT2D eigenvalue weighted by Gasteiger charge is 2.28. The van der Waals surface area contributed by atoms with Crippen molar-refractivity contribution in [1.82, 2.24) is 4.90 Å². The first kappa shape index (κ1) is 22.7. The van der Waals surface area contributed by atoms with Gasteiger partial charge in [-0.1, -0.05) is 36.1 Å². The van der Waals surface area contributed by atoms with Gasteiger partial charge in [-0.2, -0.15) is 0 Å². The van der Waals surface area contributed by atoms with Crippen molar-refractivity contribution in [2.75, 3.05) is 34.5 Å². The molecule has 1 amide bonds. The molecule has 0 bridgehead atoms. The number of hydrogen-bond donors (Lipinski definition) is 0. The fourth-order valence-corrected chi connectivity index (χ4v) is 4.65. The number of rotatable bonds is 8. The number of halogens is 1. The molecule has 0 radical (unpaired) electrons. The summed E-state index contributed by atoms with van der Waals surface area (Å²) < 4.78 is 23.8. The van der Waals surface area contributed by atoms with Crippen LogP contribution in [0.4, 0.5) is 0 Å². The van der Waals surface area contributed by atoms with Crippen LogP contribution in [0.25, 0.3) is 6.08 Å². The van der Waals surface area contributed by atoms with Crippen LogP contribution in [-0.4, -0.2) is 49.6 Å². The summed E-state index contributed by atoms with van der Waals surface area (Å²) in [5, 5.41) is 0. The first-order valence-corrected chi connectivity index (χ1v) is 11.2. The Morgan fingerprint density at radius 1 is 1.07 bits per heavy atom. The van der Waals surface area contributed by atoms with E-state index >= 15 is 0 Å². The summed E-state index contributed by atoms with van der Waals surface area (Å²) >= 11 is 8.65. The Bertz CT molecular complexity index is 995. The van der Waals surface area contributed by atoms with Gasteiger partial charge >= 0.3 is 0 Å².